The highest BCUT2D eigenvalue weighted by atomic mass is 16.6. The Morgan fingerprint density at radius 2 is 1.13 bits per heavy atom. The van der Waals surface area contributed by atoms with Crippen LogP contribution in [0.15, 0.2) is 192 Å². The third kappa shape index (κ3) is 5.26. The van der Waals surface area contributed by atoms with Crippen molar-refractivity contribution in [2.75, 3.05) is 0 Å². The lowest BCUT2D eigenvalue weighted by Gasteiger charge is -2.23. The molecule has 0 bridgehead atoms. The summed E-state index contributed by atoms with van der Waals surface area (Å²) in [4.78, 5) is 10.2. The van der Waals surface area contributed by atoms with Gasteiger partial charge in [0.1, 0.15) is 17.5 Å². The van der Waals surface area contributed by atoms with Crippen LogP contribution in [0.25, 0.3) is 49.4 Å². The van der Waals surface area contributed by atoms with Crippen LogP contribution in [0.4, 0.5) is 0 Å². The minimum absolute atomic E-state index is 0.273. The number of nitrogens with zero attached hydrogens (tertiary/aromatic N) is 3. The van der Waals surface area contributed by atoms with E-state index < -0.39 is 0 Å². The fraction of sp³-hybridized carbons (Fsp3) is 0.0204. The number of ether oxygens (including phenoxy) is 2. The number of hydrogen-bond donors (Lipinski definition) is 1. The zero-order valence-electron chi connectivity index (χ0n) is 29.6. The van der Waals surface area contributed by atoms with Crippen molar-refractivity contribution in [1.29, 1.82) is 0 Å². The number of aliphatic imine (C=N–C) groups is 2. The molecule has 8 aromatic carbocycles. The Balaban J connectivity index is 1.07. The maximum atomic E-state index is 6.70. The highest BCUT2D eigenvalue weighted by molar-refractivity contribution is 6.20. The van der Waals surface area contributed by atoms with Crippen molar-refractivity contribution in [3.8, 4) is 39.8 Å². The van der Waals surface area contributed by atoms with E-state index in [1.54, 1.807) is 0 Å². The molecule has 1 aromatic heterocycles. The molecule has 1 atom stereocenters. The second kappa shape index (κ2) is 12.6. The fourth-order valence-electron chi connectivity index (χ4n) is 7.89. The SMILES string of the molecule is c1ccc(C2=NC(c3cccc(-c4cccc(-n5c6c7c(ccc6c6ccc8ccccc8c65)Oc5ccccc5O7)c4)c3)=NC(c3ccccc3)N2)cc1. The van der Waals surface area contributed by atoms with Gasteiger partial charge >= 0.3 is 0 Å². The van der Waals surface area contributed by atoms with Crippen LogP contribution in [0.1, 0.15) is 22.9 Å². The van der Waals surface area contributed by atoms with Gasteiger partial charge in [0.05, 0.1) is 5.52 Å². The van der Waals surface area contributed by atoms with Crippen LogP contribution in [-0.2, 0) is 0 Å². The number of rotatable bonds is 5. The van der Waals surface area contributed by atoms with E-state index in [0.717, 1.165) is 61.1 Å². The molecular formula is C49H32N4O2. The number of nitrogens with one attached hydrogen (secondary N) is 1. The van der Waals surface area contributed by atoms with Gasteiger partial charge in [-0.3, -0.25) is 0 Å². The molecule has 3 heterocycles. The zero-order chi connectivity index (χ0) is 36.3. The number of amidine groups is 2. The summed E-state index contributed by atoms with van der Waals surface area (Å²) in [5.74, 6) is 4.27. The fourth-order valence-corrected chi connectivity index (χ4v) is 7.89. The average molecular weight is 709 g/mol. The van der Waals surface area contributed by atoms with E-state index in [-0.39, 0.29) is 6.17 Å². The Bertz CT molecular complexity index is 3020. The molecule has 6 nitrogen and oxygen atoms in total. The van der Waals surface area contributed by atoms with E-state index in [2.05, 4.69) is 125 Å². The summed E-state index contributed by atoms with van der Waals surface area (Å²) in [7, 11) is 0. The molecule has 9 aromatic rings. The monoisotopic (exact) mass is 708 g/mol. The summed E-state index contributed by atoms with van der Waals surface area (Å²) < 4.78 is 15.5. The normalized spacial score (nSPS) is 14.7. The Morgan fingerprint density at radius 1 is 0.473 bits per heavy atom. The smallest absolute Gasteiger partial charge is 0.194 e. The van der Waals surface area contributed by atoms with E-state index in [9.17, 15) is 0 Å². The summed E-state index contributed by atoms with van der Waals surface area (Å²) in [6.45, 7) is 0. The lowest BCUT2D eigenvalue weighted by Crippen LogP contribution is -2.33. The van der Waals surface area contributed by atoms with Crippen molar-refractivity contribution >= 4 is 44.2 Å². The summed E-state index contributed by atoms with van der Waals surface area (Å²) in [5, 5.41) is 8.15. The predicted octanol–water partition coefficient (Wildman–Crippen LogP) is 12.0. The summed E-state index contributed by atoms with van der Waals surface area (Å²) in [6, 6.07) is 62.7. The minimum Gasteiger partial charge on any atom is -0.449 e. The van der Waals surface area contributed by atoms with Crippen LogP contribution in [-0.4, -0.2) is 16.2 Å². The van der Waals surface area contributed by atoms with E-state index in [1.807, 2.05) is 66.7 Å². The first-order valence-electron chi connectivity index (χ1n) is 18.4. The van der Waals surface area contributed by atoms with Crippen molar-refractivity contribution in [3.63, 3.8) is 0 Å². The molecule has 1 unspecified atom stereocenters. The van der Waals surface area contributed by atoms with E-state index >= 15 is 0 Å². The molecule has 0 saturated heterocycles. The molecule has 0 fully saturated rings. The summed E-state index contributed by atoms with van der Waals surface area (Å²) >= 11 is 0. The summed E-state index contributed by atoms with van der Waals surface area (Å²) in [5.41, 5.74) is 8.27. The number of para-hydroxylation sites is 2. The van der Waals surface area contributed by atoms with Crippen molar-refractivity contribution in [1.82, 2.24) is 9.88 Å². The van der Waals surface area contributed by atoms with Crippen molar-refractivity contribution < 1.29 is 9.47 Å². The van der Waals surface area contributed by atoms with Gasteiger partial charge in [-0.25, -0.2) is 9.98 Å². The van der Waals surface area contributed by atoms with Gasteiger partial charge in [0, 0.05) is 33.0 Å². The lowest BCUT2D eigenvalue weighted by atomic mass is 10.0. The van der Waals surface area contributed by atoms with Crippen molar-refractivity contribution in [2.45, 2.75) is 6.17 Å². The van der Waals surface area contributed by atoms with Gasteiger partial charge in [0.15, 0.2) is 28.8 Å². The van der Waals surface area contributed by atoms with Gasteiger partial charge in [-0.15, -0.1) is 0 Å². The quantitative estimate of drug-likeness (QED) is 0.194. The topological polar surface area (TPSA) is 60.1 Å². The van der Waals surface area contributed by atoms with E-state index in [0.29, 0.717) is 28.8 Å². The molecule has 0 saturated carbocycles. The molecule has 55 heavy (non-hydrogen) atoms. The van der Waals surface area contributed by atoms with Crippen LogP contribution in [0.5, 0.6) is 23.0 Å². The van der Waals surface area contributed by atoms with E-state index in [1.165, 1.54) is 10.8 Å². The standard InChI is InChI=1S/C49H32N4O2/c1-3-14-32(15-4-1)47-50-48(33-16-5-2-6-17-33)52-49(51-47)36-20-11-18-34(29-36)35-19-12-21-37(30-35)53-44-38-22-8-7-13-31(38)25-26-39(44)40-27-28-43-46(45(40)53)55-42-24-10-9-23-41(42)54-43/h1-30,47H,(H,50,51,52). The molecule has 6 heteroatoms. The first-order chi connectivity index (χ1) is 27.2. The second-order valence-corrected chi connectivity index (χ2v) is 13.8. The van der Waals surface area contributed by atoms with Crippen LogP contribution in [0, 0.1) is 0 Å². The van der Waals surface area contributed by atoms with Gasteiger partial charge in [-0.1, -0.05) is 140 Å². The molecular weight excluding hydrogens is 677 g/mol. The minimum atomic E-state index is -0.273. The van der Waals surface area contributed by atoms with Gasteiger partial charge in [-0.2, -0.15) is 0 Å². The van der Waals surface area contributed by atoms with Crippen LogP contribution >= 0.6 is 0 Å². The Morgan fingerprint density at radius 3 is 1.98 bits per heavy atom. The van der Waals surface area contributed by atoms with Gasteiger partial charge in [0.2, 0.25) is 0 Å². The van der Waals surface area contributed by atoms with Crippen molar-refractivity contribution in [2.24, 2.45) is 9.98 Å². The largest absolute Gasteiger partial charge is 0.449 e. The maximum Gasteiger partial charge on any atom is 0.194 e. The second-order valence-electron chi connectivity index (χ2n) is 13.8. The molecule has 260 valence electrons. The van der Waals surface area contributed by atoms with Crippen molar-refractivity contribution in [3.05, 3.63) is 199 Å². The number of fused-ring (bicyclic) bond motifs is 8. The average Bonchev–Trinajstić information content (AvgIpc) is 3.62. The number of hydrogen-bond acceptors (Lipinski definition) is 5. The lowest BCUT2D eigenvalue weighted by molar-refractivity contribution is 0.362. The highest BCUT2D eigenvalue weighted by Crippen LogP contribution is 2.51. The first-order valence-corrected chi connectivity index (χ1v) is 18.4. The van der Waals surface area contributed by atoms with Crippen LogP contribution in [0.2, 0.25) is 0 Å². The van der Waals surface area contributed by atoms with Crippen LogP contribution < -0.4 is 14.8 Å². The highest BCUT2D eigenvalue weighted by Gasteiger charge is 2.27. The molecule has 0 aliphatic carbocycles. The van der Waals surface area contributed by atoms with Gasteiger partial charge < -0.3 is 19.4 Å². The molecule has 0 spiro atoms. The third-order valence-electron chi connectivity index (χ3n) is 10.5. The number of benzene rings is 8. The van der Waals surface area contributed by atoms with Crippen LogP contribution in [0.3, 0.4) is 0 Å². The first kappa shape index (κ1) is 31.1. The molecule has 0 amide bonds. The Hall–Kier alpha value is -7.44. The number of aromatic nitrogens is 1. The zero-order valence-corrected chi connectivity index (χ0v) is 29.6. The van der Waals surface area contributed by atoms with Gasteiger partial charge in [0.25, 0.3) is 0 Å². The van der Waals surface area contributed by atoms with E-state index in [4.69, 9.17) is 19.5 Å². The Labute approximate surface area is 317 Å². The molecule has 2 aliphatic heterocycles. The maximum absolute atomic E-state index is 6.70. The molecule has 0 radical (unpaired) electrons. The molecule has 1 N–H and O–H groups in total. The molecule has 11 rings (SSSR count). The molecule has 2 aliphatic rings. The Kier molecular flexibility index (Phi) is 7.13. The summed E-state index contributed by atoms with van der Waals surface area (Å²) in [6.07, 6.45) is -0.273. The predicted molar refractivity (Wildman–Crippen MR) is 222 cm³/mol. The third-order valence-corrected chi connectivity index (χ3v) is 10.5. The van der Waals surface area contributed by atoms with Gasteiger partial charge in [-0.05, 0) is 64.5 Å².